The molecule has 1 N–H and O–H groups in total. The van der Waals surface area contributed by atoms with Crippen molar-refractivity contribution in [3.05, 3.63) is 33.8 Å². The largest absolute Gasteiger partial charge is 0.353 e. The molecule has 1 saturated heterocycles. The summed E-state index contributed by atoms with van der Waals surface area (Å²) in [5.41, 5.74) is 0.969. The van der Waals surface area contributed by atoms with Crippen molar-refractivity contribution < 1.29 is 4.79 Å². The first-order chi connectivity index (χ1) is 12.6. The molecule has 1 aromatic rings. The van der Waals surface area contributed by atoms with Crippen LogP contribution in [0.5, 0.6) is 0 Å². The molecule has 3 nitrogen and oxygen atoms in total. The van der Waals surface area contributed by atoms with E-state index in [4.69, 9.17) is 23.2 Å². The van der Waals surface area contributed by atoms with Crippen LogP contribution in [-0.4, -0.2) is 29.9 Å². The van der Waals surface area contributed by atoms with Gasteiger partial charge in [-0.3, -0.25) is 9.69 Å². The molecule has 1 saturated carbocycles. The molecule has 1 atom stereocenters. The van der Waals surface area contributed by atoms with Gasteiger partial charge in [-0.15, -0.1) is 0 Å². The van der Waals surface area contributed by atoms with Gasteiger partial charge in [0.1, 0.15) is 0 Å². The summed E-state index contributed by atoms with van der Waals surface area (Å²) in [5.74, 6) is 0.320. The number of hydrogen-bond acceptors (Lipinski definition) is 2. The highest BCUT2D eigenvalue weighted by molar-refractivity contribution is 6.35. The highest BCUT2D eigenvalue weighted by Crippen LogP contribution is 2.28. The summed E-state index contributed by atoms with van der Waals surface area (Å²) in [6.07, 6.45) is 10.7. The fraction of sp³-hybridized carbons (Fsp3) is 0.667. The lowest BCUT2D eigenvalue weighted by atomic mass is 9.93. The van der Waals surface area contributed by atoms with Crippen LogP contribution in [0.15, 0.2) is 18.2 Å². The molecule has 0 spiro atoms. The molecule has 1 aromatic carbocycles. The van der Waals surface area contributed by atoms with E-state index in [1.807, 2.05) is 18.2 Å². The van der Waals surface area contributed by atoms with Gasteiger partial charge < -0.3 is 5.32 Å². The van der Waals surface area contributed by atoms with E-state index in [-0.39, 0.29) is 11.8 Å². The van der Waals surface area contributed by atoms with Crippen LogP contribution < -0.4 is 5.32 Å². The summed E-state index contributed by atoms with van der Waals surface area (Å²) < 4.78 is 0. The number of likely N-dealkylation sites (tertiary alicyclic amines) is 1. The topological polar surface area (TPSA) is 32.3 Å². The smallest absolute Gasteiger partial charge is 0.224 e. The Kier molecular flexibility index (Phi) is 7.65. The van der Waals surface area contributed by atoms with Gasteiger partial charge in [0.05, 0.1) is 5.92 Å². The van der Waals surface area contributed by atoms with E-state index < -0.39 is 0 Å². The molecule has 2 fully saturated rings. The molecule has 1 aliphatic heterocycles. The minimum atomic E-state index is 0.0791. The van der Waals surface area contributed by atoms with E-state index in [0.717, 1.165) is 44.3 Å². The number of piperidine rings is 1. The average molecular weight is 397 g/mol. The normalized spacial score (nSPS) is 23.2. The first-order valence-corrected chi connectivity index (χ1v) is 10.8. The van der Waals surface area contributed by atoms with E-state index in [2.05, 4.69) is 10.2 Å². The van der Waals surface area contributed by atoms with Crippen molar-refractivity contribution >= 4 is 29.1 Å². The quantitative estimate of drug-likeness (QED) is 0.734. The van der Waals surface area contributed by atoms with Crippen LogP contribution in [-0.2, 0) is 11.3 Å². The molecule has 0 aromatic heterocycles. The van der Waals surface area contributed by atoms with Crippen LogP contribution in [0.4, 0.5) is 0 Å². The van der Waals surface area contributed by atoms with Crippen LogP contribution in [0, 0.1) is 5.92 Å². The van der Waals surface area contributed by atoms with Gasteiger partial charge in [-0.05, 0) is 44.4 Å². The van der Waals surface area contributed by atoms with Crippen LogP contribution in [0.1, 0.15) is 63.4 Å². The number of benzene rings is 1. The summed E-state index contributed by atoms with van der Waals surface area (Å²) in [6, 6.07) is 6.00. The lowest BCUT2D eigenvalue weighted by molar-refractivity contribution is -0.127. The molecule has 1 amide bonds. The lowest BCUT2D eigenvalue weighted by Gasteiger charge is -2.33. The Morgan fingerprint density at radius 1 is 1.00 bits per heavy atom. The van der Waals surface area contributed by atoms with E-state index >= 15 is 0 Å². The number of halogens is 2. The third kappa shape index (κ3) is 5.61. The number of nitrogens with zero attached hydrogens (tertiary/aromatic N) is 1. The minimum Gasteiger partial charge on any atom is -0.353 e. The van der Waals surface area contributed by atoms with E-state index in [9.17, 15) is 4.79 Å². The zero-order valence-electron chi connectivity index (χ0n) is 15.5. The molecule has 3 rings (SSSR count). The first-order valence-electron chi connectivity index (χ1n) is 10.1. The Morgan fingerprint density at radius 2 is 1.65 bits per heavy atom. The molecular weight excluding hydrogens is 367 g/mol. The van der Waals surface area contributed by atoms with Crippen LogP contribution in [0.3, 0.4) is 0 Å². The van der Waals surface area contributed by atoms with Gasteiger partial charge in [-0.1, -0.05) is 61.4 Å². The number of amides is 1. The lowest BCUT2D eigenvalue weighted by Crippen LogP contribution is -2.45. The molecular formula is C21H30Cl2N2O. The predicted molar refractivity (Wildman–Crippen MR) is 109 cm³/mol. The van der Waals surface area contributed by atoms with Gasteiger partial charge >= 0.3 is 0 Å². The Hall–Kier alpha value is -0.770. The second kappa shape index (κ2) is 9.96. The van der Waals surface area contributed by atoms with Crippen molar-refractivity contribution in [3.8, 4) is 0 Å². The molecule has 2 aliphatic rings. The molecule has 0 bridgehead atoms. The average Bonchev–Trinajstić information content (AvgIpc) is 2.61. The van der Waals surface area contributed by atoms with Crippen molar-refractivity contribution in [3.63, 3.8) is 0 Å². The van der Waals surface area contributed by atoms with Crippen LogP contribution >= 0.6 is 23.2 Å². The van der Waals surface area contributed by atoms with Gasteiger partial charge in [0.2, 0.25) is 5.91 Å². The summed E-state index contributed by atoms with van der Waals surface area (Å²) >= 11 is 12.6. The fourth-order valence-corrected chi connectivity index (χ4v) is 4.76. The Morgan fingerprint density at radius 3 is 2.35 bits per heavy atom. The van der Waals surface area contributed by atoms with Crippen molar-refractivity contribution in [2.75, 3.05) is 13.1 Å². The summed E-state index contributed by atoms with van der Waals surface area (Å²) in [6.45, 7) is 2.50. The zero-order valence-corrected chi connectivity index (χ0v) is 17.0. The number of rotatable bonds is 4. The van der Waals surface area contributed by atoms with Crippen molar-refractivity contribution in [1.82, 2.24) is 10.2 Å². The summed E-state index contributed by atoms with van der Waals surface area (Å²) in [4.78, 5) is 15.1. The molecule has 26 heavy (non-hydrogen) atoms. The Labute approximate surface area is 167 Å². The number of carbonyl (C=O) groups excluding carboxylic acids is 1. The van der Waals surface area contributed by atoms with Gasteiger partial charge in [0.25, 0.3) is 0 Å². The molecule has 0 radical (unpaired) electrons. The molecule has 5 heteroatoms. The van der Waals surface area contributed by atoms with Crippen LogP contribution in [0.2, 0.25) is 10.0 Å². The monoisotopic (exact) mass is 396 g/mol. The maximum atomic E-state index is 12.8. The zero-order chi connectivity index (χ0) is 18.4. The number of hydrogen-bond donors (Lipinski definition) is 1. The minimum absolute atomic E-state index is 0.0791. The van der Waals surface area contributed by atoms with E-state index in [1.165, 1.54) is 32.1 Å². The van der Waals surface area contributed by atoms with E-state index in [1.54, 1.807) is 0 Å². The Balaban J connectivity index is 1.54. The number of carbonyl (C=O) groups is 1. The van der Waals surface area contributed by atoms with Crippen molar-refractivity contribution in [2.24, 2.45) is 5.92 Å². The fourth-order valence-electron chi connectivity index (χ4n) is 4.24. The van der Waals surface area contributed by atoms with Crippen molar-refractivity contribution in [1.29, 1.82) is 0 Å². The molecule has 1 heterocycles. The predicted octanol–water partition coefficient (Wildman–Crippen LogP) is 5.43. The maximum absolute atomic E-state index is 12.8. The molecule has 0 unspecified atom stereocenters. The van der Waals surface area contributed by atoms with Gasteiger partial charge in [-0.25, -0.2) is 0 Å². The number of nitrogens with one attached hydrogen (secondary N) is 1. The second-order valence-electron chi connectivity index (χ2n) is 7.83. The SMILES string of the molecule is O=C(NC1CCCCCCC1)[C@@H]1CCCN(Cc2c(Cl)cccc2Cl)C1. The standard InChI is InChI=1S/C21H30Cl2N2O/c22-19-11-6-12-20(23)18(19)15-25-13-7-8-16(14-25)21(26)24-17-9-4-2-1-3-5-10-17/h6,11-12,16-17H,1-5,7-10,13-15H2,(H,24,26)/t16-/m1/s1. The third-order valence-electron chi connectivity index (χ3n) is 5.77. The maximum Gasteiger partial charge on any atom is 0.224 e. The van der Waals surface area contributed by atoms with E-state index in [0.29, 0.717) is 22.6 Å². The third-order valence-corrected chi connectivity index (χ3v) is 6.48. The summed E-state index contributed by atoms with van der Waals surface area (Å²) in [5, 5.41) is 4.76. The van der Waals surface area contributed by atoms with Crippen LogP contribution in [0.25, 0.3) is 0 Å². The summed E-state index contributed by atoms with van der Waals surface area (Å²) in [7, 11) is 0. The van der Waals surface area contributed by atoms with Crippen molar-refractivity contribution in [2.45, 2.75) is 70.4 Å². The molecule has 144 valence electrons. The van der Waals surface area contributed by atoms with Gasteiger partial charge in [-0.2, -0.15) is 0 Å². The van der Waals surface area contributed by atoms with Gasteiger partial charge in [0.15, 0.2) is 0 Å². The first kappa shape index (κ1) is 20.0. The highest BCUT2D eigenvalue weighted by Gasteiger charge is 2.28. The Bertz CT molecular complexity index is 579. The highest BCUT2D eigenvalue weighted by atomic mass is 35.5. The van der Waals surface area contributed by atoms with Gasteiger partial charge in [0, 0.05) is 34.7 Å². The second-order valence-corrected chi connectivity index (χ2v) is 8.64. The molecule has 1 aliphatic carbocycles.